The largest absolute Gasteiger partial charge is 0.493 e. The van der Waals surface area contributed by atoms with Gasteiger partial charge in [0.15, 0.2) is 23.0 Å². The lowest BCUT2D eigenvalue weighted by molar-refractivity contribution is -0.129. The molecule has 2 aromatic carbocycles. The van der Waals surface area contributed by atoms with Gasteiger partial charge in [-0.05, 0) is 29.3 Å². The van der Waals surface area contributed by atoms with E-state index in [1.165, 1.54) is 0 Å². The number of hydrogen-bond donors (Lipinski definition) is 0. The zero-order valence-corrected chi connectivity index (χ0v) is 16.4. The van der Waals surface area contributed by atoms with Crippen molar-refractivity contribution >= 4 is 5.91 Å². The number of fused-ring (bicyclic) bond motifs is 1. The average Bonchev–Trinajstić information content (AvgIpc) is 2.71. The van der Waals surface area contributed by atoms with Gasteiger partial charge >= 0.3 is 0 Å². The Morgan fingerprint density at radius 3 is 2.19 bits per heavy atom. The monoisotopic (exact) mass is 371 g/mol. The van der Waals surface area contributed by atoms with Gasteiger partial charge in [-0.25, -0.2) is 0 Å². The summed E-state index contributed by atoms with van der Waals surface area (Å²) >= 11 is 0. The van der Waals surface area contributed by atoms with Crippen LogP contribution in [0, 0.1) is 0 Å². The summed E-state index contributed by atoms with van der Waals surface area (Å²) in [6.45, 7) is 2.67. The van der Waals surface area contributed by atoms with Crippen molar-refractivity contribution in [3.8, 4) is 23.0 Å². The normalized spacial score (nSPS) is 15.7. The van der Waals surface area contributed by atoms with E-state index in [0.29, 0.717) is 36.1 Å². The van der Waals surface area contributed by atoms with Crippen molar-refractivity contribution in [3.63, 3.8) is 0 Å². The topological polar surface area (TPSA) is 57.2 Å². The second-order valence-corrected chi connectivity index (χ2v) is 6.44. The number of nitrogens with zero attached hydrogens (tertiary/aromatic N) is 1. The molecule has 1 atom stereocenters. The summed E-state index contributed by atoms with van der Waals surface area (Å²) in [7, 11) is 6.46. The maximum absolute atomic E-state index is 12.2. The molecule has 6 heteroatoms. The Kier molecular flexibility index (Phi) is 5.44. The third-order valence-electron chi connectivity index (χ3n) is 5.07. The van der Waals surface area contributed by atoms with Crippen LogP contribution in [0.15, 0.2) is 30.3 Å². The smallest absolute Gasteiger partial charge is 0.219 e. The van der Waals surface area contributed by atoms with Gasteiger partial charge in [0.05, 0.1) is 28.4 Å². The van der Waals surface area contributed by atoms with Crippen LogP contribution >= 0.6 is 0 Å². The summed E-state index contributed by atoms with van der Waals surface area (Å²) in [5.41, 5.74) is 3.14. The number of hydrogen-bond acceptors (Lipinski definition) is 5. The van der Waals surface area contributed by atoms with E-state index in [4.69, 9.17) is 18.9 Å². The van der Waals surface area contributed by atoms with E-state index in [1.807, 2.05) is 29.2 Å². The lowest BCUT2D eigenvalue weighted by Crippen LogP contribution is -2.37. The van der Waals surface area contributed by atoms with Crippen molar-refractivity contribution in [1.29, 1.82) is 0 Å². The number of carbonyl (C=O) groups excluding carboxylic acids is 1. The first-order chi connectivity index (χ1) is 13.0. The predicted octanol–water partition coefficient (Wildman–Crippen LogP) is 3.22. The van der Waals surface area contributed by atoms with Crippen LogP contribution in [-0.4, -0.2) is 45.8 Å². The minimum Gasteiger partial charge on any atom is -0.493 e. The van der Waals surface area contributed by atoms with Crippen LogP contribution in [0.2, 0.25) is 0 Å². The van der Waals surface area contributed by atoms with E-state index >= 15 is 0 Å². The molecular formula is C21H25NO5. The van der Waals surface area contributed by atoms with Crippen molar-refractivity contribution in [2.75, 3.05) is 35.0 Å². The molecule has 1 aliphatic heterocycles. The Labute approximate surface area is 159 Å². The zero-order valence-electron chi connectivity index (χ0n) is 16.4. The van der Waals surface area contributed by atoms with E-state index in [2.05, 4.69) is 6.07 Å². The Morgan fingerprint density at radius 2 is 1.59 bits per heavy atom. The lowest BCUT2D eigenvalue weighted by Gasteiger charge is -2.35. The second kappa shape index (κ2) is 7.78. The second-order valence-electron chi connectivity index (χ2n) is 6.44. The molecule has 0 aromatic heterocycles. The highest BCUT2D eigenvalue weighted by Gasteiger charge is 2.31. The Bertz CT molecular complexity index is 849. The fraction of sp³-hybridized carbons (Fsp3) is 0.381. The van der Waals surface area contributed by atoms with Gasteiger partial charge in [-0.1, -0.05) is 12.1 Å². The van der Waals surface area contributed by atoms with Crippen LogP contribution in [0.1, 0.15) is 29.5 Å². The molecule has 3 rings (SSSR count). The number of amides is 1. The third-order valence-corrected chi connectivity index (χ3v) is 5.07. The summed E-state index contributed by atoms with van der Waals surface area (Å²) in [5, 5.41) is 0. The van der Waals surface area contributed by atoms with Gasteiger partial charge < -0.3 is 23.8 Å². The lowest BCUT2D eigenvalue weighted by atomic mass is 9.84. The molecule has 0 aliphatic carbocycles. The van der Waals surface area contributed by atoms with E-state index in [0.717, 1.165) is 16.7 Å². The third kappa shape index (κ3) is 3.39. The SMILES string of the molecule is COc1ccc([C@H]2CN(C(C)=O)Cc3c2ccc(OC)c3OC)cc1OC. The van der Waals surface area contributed by atoms with Gasteiger partial charge in [0.1, 0.15) is 0 Å². The standard InChI is InChI=1S/C21H25NO5/c1-13(23)22-11-16(14-6-8-18(24-2)20(10-14)26-4)15-7-9-19(25-3)21(27-5)17(15)12-22/h6-10,16H,11-12H2,1-5H3/t16-/m1/s1. The molecule has 0 saturated heterocycles. The zero-order chi connectivity index (χ0) is 19.6. The molecule has 1 aliphatic rings. The van der Waals surface area contributed by atoms with Crippen LogP contribution in [0.5, 0.6) is 23.0 Å². The molecule has 1 amide bonds. The molecule has 0 N–H and O–H groups in total. The number of carbonyl (C=O) groups is 1. The summed E-state index contributed by atoms with van der Waals surface area (Å²) in [6, 6.07) is 9.83. The van der Waals surface area contributed by atoms with Crippen molar-refractivity contribution in [2.24, 2.45) is 0 Å². The summed E-state index contributed by atoms with van der Waals surface area (Å²) in [4.78, 5) is 14.0. The molecule has 1 heterocycles. The number of methoxy groups -OCH3 is 4. The Hall–Kier alpha value is -2.89. The van der Waals surface area contributed by atoms with Gasteiger partial charge in [0.25, 0.3) is 0 Å². The highest BCUT2D eigenvalue weighted by Crippen LogP contribution is 2.43. The van der Waals surface area contributed by atoms with Gasteiger partial charge in [-0.15, -0.1) is 0 Å². The molecule has 27 heavy (non-hydrogen) atoms. The van der Waals surface area contributed by atoms with Crippen LogP contribution in [-0.2, 0) is 11.3 Å². The molecule has 0 spiro atoms. The summed E-state index contributed by atoms with van der Waals surface area (Å²) in [6.07, 6.45) is 0. The molecule has 2 aromatic rings. The van der Waals surface area contributed by atoms with Crippen molar-refractivity contribution < 1.29 is 23.7 Å². The predicted molar refractivity (Wildman–Crippen MR) is 102 cm³/mol. The van der Waals surface area contributed by atoms with E-state index in [-0.39, 0.29) is 11.8 Å². The highest BCUT2D eigenvalue weighted by molar-refractivity contribution is 5.74. The van der Waals surface area contributed by atoms with E-state index < -0.39 is 0 Å². The minimum absolute atomic E-state index is 0.00253. The Balaban J connectivity index is 2.15. The fourth-order valence-electron chi connectivity index (χ4n) is 3.66. The maximum atomic E-state index is 12.2. The number of rotatable bonds is 5. The van der Waals surface area contributed by atoms with Crippen molar-refractivity contribution in [1.82, 2.24) is 4.90 Å². The first-order valence-corrected chi connectivity index (χ1v) is 8.75. The molecule has 0 unspecified atom stereocenters. The van der Waals surface area contributed by atoms with Crippen LogP contribution in [0.4, 0.5) is 0 Å². The summed E-state index contributed by atoms with van der Waals surface area (Å²) < 4.78 is 21.9. The molecule has 0 radical (unpaired) electrons. The van der Waals surface area contributed by atoms with Gasteiger partial charge in [0.2, 0.25) is 5.91 Å². The quantitative estimate of drug-likeness (QED) is 0.808. The molecule has 0 saturated carbocycles. The maximum Gasteiger partial charge on any atom is 0.219 e. The Morgan fingerprint density at radius 1 is 0.926 bits per heavy atom. The minimum atomic E-state index is -0.00253. The first kappa shape index (κ1) is 18.9. The highest BCUT2D eigenvalue weighted by atomic mass is 16.5. The average molecular weight is 371 g/mol. The molecule has 0 bridgehead atoms. The summed E-state index contributed by atoms with van der Waals surface area (Å²) in [5.74, 6) is 2.69. The molecule has 144 valence electrons. The van der Waals surface area contributed by atoms with Crippen LogP contribution in [0.25, 0.3) is 0 Å². The number of ether oxygens (including phenoxy) is 4. The van der Waals surface area contributed by atoms with Crippen molar-refractivity contribution in [2.45, 2.75) is 19.4 Å². The van der Waals surface area contributed by atoms with Gasteiger partial charge in [-0.2, -0.15) is 0 Å². The van der Waals surface area contributed by atoms with Crippen LogP contribution in [0.3, 0.4) is 0 Å². The molecule has 0 fully saturated rings. The van der Waals surface area contributed by atoms with E-state index in [9.17, 15) is 4.79 Å². The fourth-order valence-corrected chi connectivity index (χ4v) is 3.66. The molecule has 6 nitrogen and oxygen atoms in total. The van der Waals surface area contributed by atoms with Crippen molar-refractivity contribution in [3.05, 3.63) is 47.0 Å². The van der Waals surface area contributed by atoms with Gasteiger partial charge in [-0.3, -0.25) is 4.79 Å². The van der Waals surface area contributed by atoms with Gasteiger partial charge in [0, 0.05) is 31.5 Å². The van der Waals surface area contributed by atoms with Crippen LogP contribution < -0.4 is 18.9 Å². The van der Waals surface area contributed by atoms with E-state index in [1.54, 1.807) is 35.4 Å². The molecular weight excluding hydrogens is 346 g/mol. The number of benzene rings is 2. The first-order valence-electron chi connectivity index (χ1n) is 8.75.